The second-order valence-corrected chi connectivity index (χ2v) is 5.78. The third-order valence-corrected chi connectivity index (χ3v) is 3.71. The maximum atomic E-state index is 11.7. The number of benzene rings is 1. The van der Waals surface area contributed by atoms with Gasteiger partial charge in [0.15, 0.2) is 0 Å². The van der Waals surface area contributed by atoms with E-state index < -0.39 is 0 Å². The number of amides is 1. The quantitative estimate of drug-likeness (QED) is 0.714. The molecule has 1 aliphatic carbocycles. The van der Waals surface area contributed by atoms with E-state index in [0.29, 0.717) is 17.8 Å². The molecule has 4 heteroatoms. The molecule has 2 rings (SSSR count). The fraction of sp³-hybridized carbons (Fsp3) is 0.533. The van der Waals surface area contributed by atoms with Crippen LogP contribution in [0.1, 0.15) is 44.0 Å². The van der Waals surface area contributed by atoms with Gasteiger partial charge < -0.3 is 16.4 Å². The Morgan fingerprint density at radius 2 is 2.11 bits per heavy atom. The van der Waals surface area contributed by atoms with Crippen molar-refractivity contribution in [3.8, 4) is 0 Å². The molecular formula is C15H23N3O. The Hall–Kier alpha value is -1.71. The molecule has 0 radical (unpaired) electrons. The van der Waals surface area contributed by atoms with Crippen molar-refractivity contribution in [2.24, 2.45) is 5.92 Å². The van der Waals surface area contributed by atoms with Crippen molar-refractivity contribution in [1.82, 2.24) is 5.32 Å². The summed E-state index contributed by atoms with van der Waals surface area (Å²) in [4.78, 5) is 11.7. The Labute approximate surface area is 114 Å². The molecule has 0 unspecified atom stereocenters. The zero-order valence-electron chi connectivity index (χ0n) is 11.9. The third-order valence-electron chi connectivity index (χ3n) is 3.71. The highest BCUT2D eigenvalue weighted by molar-refractivity contribution is 5.96. The summed E-state index contributed by atoms with van der Waals surface area (Å²) >= 11 is 0. The highest BCUT2D eigenvalue weighted by atomic mass is 16.1. The van der Waals surface area contributed by atoms with Gasteiger partial charge in [-0.1, -0.05) is 0 Å². The van der Waals surface area contributed by atoms with E-state index in [1.807, 2.05) is 19.1 Å². The molecule has 0 aliphatic heterocycles. The van der Waals surface area contributed by atoms with Crippen LogP contribution in [-0.2, 0) is 0 Å². The van der Waals surface area contributed by atoms with Crippen molar-refractivity contribution in [3.05, 3.63) is 23.8 Å². The number of hydrogen-bond donors (Lipinski definition) is 3. The molecule has 1 amide bonds. The van der Waals surface area contributed by atoms with Crippen molar-refractivity contribution < 1.29 is 4.79 Å². The van der Waals surface area contributed by atoms with Gasteiger partial charge in [-0.25, -0.2) is 0 Å². The summed E-state index contributed by atoms with van der Waals surface area (Å²) < 4.78 is 0. The maximum Gasteiger partial charge on any atom is 0.251 e. The first-order chi connectivity index (χ1) is 8.94. The summed E-state index contributed by atoms with van der Waals surface area (Å²) in [5.41, 5.74) is 8.23. The van der Waals surface area contributed by atoms with E-state index in [0.717, 1.165) is 11.6 Å². The molecule has 1 aliphatic rings. The Morgan fingerprint density at radius 1 is 1.42 bits per heavy atom. The molecular weight excluding hydrogens is 238 g/mol. The fourth-order valence-corrected chi connectivity index (χ4v) is 2.33. The van der Waals surface area contributed by atoms with E-state index in [2.05, 4.69) is 24.5 Å². The SMILES string of the molecule is CCNC(=O)c1ccc(NC(C)(C)C2CC2)c(N)c1. The first kappa shape index (κ1) is 13.7. The Kier molecular flexibility index (Phi) is 3.69. The standard InChI is InChI=1S/C15H23N3O/c1-4-17-14(19)10-5-8-13(12(16)9-10)18-15(2,3)11-6-7-11/h5,8-9,11,18H,4,6-7,16H2,1-3H3,(H,17,19). The van der Waals surface area contributed by atoms with Gasteiger partial charge in [-0.15, -0.1) is 0 Å². The Bertz CT molecular complexity index is 478. The summed E-state index contributed by atoms with van der Waals surface area (Å²) in [6, 6.07) is 5.44. The van der Waals surface area contributed by atoms with Gasteiger partial charge in [0, 0.05) is 17.6 Å². The predicted octanol–water partition coefficient (Wildman–Crippen LogP) is 2.62. The van der Waals surface area contributed by atoms with E-state index in [1.54, 1.807) is 6.07 Å². The molecule has 0 aromatic heterocycles. The van der Waals surface area contributed by atoms with Crippen LogP contribution in [-0.4, -0.2) is 18.0 Å². The van der Waals surface area contributed by atoms with Crippen LogP contribution in [0.15, 0.2) is 18.2 Å². The normalized spacial score (nSPS) is 15.1. The first-order valence-electron chi connectivity index (χ1n) is 6.90. The van der Waals surface area contributed by atoms with Gasteiger partial charge in [-0.3, -0.25) is 4.79 Å². The molecule has 1 aromatic rings. The number of rotatable bonds is 5. The van der Waals surface area contributed by atoms with Crippen LogP contribution in [0.5, 0.6) is 0 Å². The predicted molar refractivity (Wildman–Crippen MR) is 79.3 cm³/mol. The second-order valence-electron chi connectivity index (χ2n) is 5.78. The molecule has 4 N–H and O–H groups in total. The van der Waals surface area contributed by atoms with Gasteiger partial charge in [0.2, 0.25) is 0 Å². The number of anilines is 2. The van der Waals surface area contributed by atoms with Crippen LogP contribution in [0, 0.1) is 5.92 Å². The smallest absolute Gasteiger partial charge is 0.251 e. The van der Waals surface area contributed by atoms with E-state index in [1.165, 1.54) is 12.8 Å². The second kappa shape index (κ2) is 5.11. The molecule has 0 heterocycles. The van der Waals surface area contributed by atoms with E-state index >= 15 is 0 Å². The lowest BCUT2D eigenvalue weighted by Crippen LogP contribution is -2.33. The van der Waals surface area contributed by atoms with Gasteiger partial charge in [-0.2, -0.15) is 0 Å². The highest BCUT2D eigenvalue weighted by Gasteiger charge is 2.37. The van der Waals surface area contributed by atoms with Crippen LogP contribution in [0.4, 0.5) is 11.4 Å². The van der Waals surface area contributed by atoms with E-state index in [9.17, 15) is 4.79 Å². The van der Waals surface area contributed by atoms with E-state index in [-0.39, 0.29) is 11.4 Å². The largest absolute Gasteiger partial charge is 0.397 e. The minimum Gasteiger partial charge on any atom is -0.397 e. The highest BCUT2D eigenvalue weighted by Crippen LogP contribution is 2.41. The number of nitrogens with one attached hydrogen (secondary N) is 2. The Morgan fingerprint density at radius 3 is 2.63 bits per heavy atom. The molecule has 0 saturated heterocycles. The summed E-state index contributed by atoms with van der Waals surface area (Å²) in [6.07, 6.45) is 2.55. The van der Waals surface area contributed by atoms with Crippen LogP contribution in [0.2, 0.25) is 0 Å². The number of nitrogen functional groups attached to an aromatic ring is 1. The molecule has 1 saturated carbocycles. The average molecular weight is 261 g/mol. The minimum absolute atomic E-state index is 0.0569. The van der Waals surface area contributed by atoms with Gasteiger partial charge >= 0.3 is 0 Å². The zero-order chi connectivity index (χ0) is 14.0. The lowest BCUT2D eigenvalue weighted by Gasteiger charge is -2.28. The van der Waals surface area contributed by atoms with Gasteiger partial charge in [0.05, 0.1) is 11.4 Å². The first-order valence-corrected chi connectivity index (χ1v) is 6.90. The molecule has 0 atom stereocenters. The molecule has 4 nitrogen and oxygen atoms in total. The summed E-state index contributed by atoms with van der Waals surface area (Å²) in [7, 11) is 0. The molecule has 104 valence electrons. The Balaban J connectivity index is 2.13. The molecule has 1 fully saturated rings. The number of nitrogens with two attached hydrogens (primary N) is 1. The summed E-state index contributed by atoms with van der Waals surface area (Å²) in [5, 5.41) is 6.26. The number of carbonyl (C=O) groups is 1. The van der Waals surface area contributed by atoms with Crippen LogP contribution in [0.3, 0.4) is 0 Å². The van der Waals surface area contributed by atoms with Crippen molar-refractivity contribution >= 4 is 17.3 Å². The molecule has 1 aromatic carbocycles. The van der Waals surface area contributed by atoms with Crippen molar-refractivity contribution in [2.75, 3.05) is 17.6 Å². The van der Waals surface area contributed by atoms with Crippen molar-refractivity contribution in [1.29, 1.82) is 0 Å². The average Bonchev–Trinajstić information content (AvgIpc) is 3.16. The van der Waals surface area contributed by atoms with Crippen LogP contribution >= 0.6 is 0 Å². The third kappa shape index (κ3) is 3.19. The fourth-order valence-electron chi connectivity index (χ4n) is 2.33. The number of hydrogen-bond acceptors (Lipinski definition) is 3. The van der Waals surface area contributed by atoms with Gasteiger partial charge in [-0.05, 0) is 57.7 Å². The molecule has 19 heavy (non-hydrogen) atoms. The molecule has 0 bridgehead atoms. The summed E-state index contributed by atoms with van der Waals surface area (Å²) in [6.45, 7) is 6.91. The number of carbonyl (C=O) groups excluding carboxylic acids is 1. The minimum atomic E-state index is -0.0813. The monoisotopic (exact) mass is 261 g/mol. The van der Waals surface area contributed by atoms with Gasteiger partial charge in [0.1, 0.15) is 0 Å². The lowest BCUT2D eigenvalue weighted by atomic mass is 9.98. The van der Waals surface area contributed by atoms with Gasteiger partial charge in [0.25, 0.3) is 5.91 Å². The van der Waals surface area contributed by atoms with Crippen molar-refractivity contribution in [2.45, 2.75) is 39.2 Å². The lowest BCUT2D eigenvalue weighted by molar-refractivity contribution is 0.0956. The zero-order valence-corrected chi connectivity index (χ0v) is 11.9. The topological polar surface area (TPSA) is 67.2 Å². The maximum absolute atomic E-state index is 11.7. The van der Waals surface area contributed by atoms with Crippen LogP contribution < -0.4 is 16.4 Å². The molecule has 0 spiro atoms. The summed E-state index contributed by atoms with van der Waals surface area (Å²) in [5.74, 6) is 0.636. The van der Waals surface area contributed by atoms with E-state index in [4.69, 9.17) is 5.73 Å². The van der Waals surface area contributed by atoms with Crippen molar-refractivity contribution in [3.63, 3.8) is 0 Å². The van der Waals surface area contributed by atoms with Crippen LogP contribution in [0.25, 0.3) is 0 Å².